The van der Waals surface area contributed by atoms with Crippen LogP contribution in [-0.4, -0.2) is 13.0 Å². The maximum absolute atomic E-state index is 12.6. The second-order valence-corrected chi connectivity index (χ2v) is 8.32. The molecule has 0 spiro atoms. The van der Waals surface area contributed by atoms with Crippen molar-refractivity contribution in [2.45, 2.75) is 26.2 Å². The third kappa shape index (κ3) is 3.65. The monoisotopic (exact) mass is 373 g/mol. The summed E-state index contributed by atoms with van der Waals surface area (Å²) in [6.45, 7) is 6.48. The average Bonchev–Trinajstić information content (AvgIpc) is 2.91. The zero-order valence-electron chi connectivity index (χ0n) is 14.6. The van der Waals surface area contributed by atoms with Crippen LogP contribution >= 0.6 is 22.9 Å². The molecule has 1 aromatic heterocycles. The quantitative estimate of drug-likeness (QED) is 0.601. The predicted octanol–water partition coefficient (Wildman–Crippen LogP) is 6.11. The van der Waals surface area contributed by atoms with Crippen LogP contribution in [0.1, 0.15) is 36.0 Å². The van der Waals surface area contributed by atoms with Gasteiger partial charge >= 0.3 is 0 Å². The molecule has 0 saturated carbocycles. The van der Waals surface area contributed by atoms with Gasteiger partial charge in [-0.15, -0.1) is 11.3 Å². The fraction of sp³-hybridized carbons (Fsp3) is 0.250. The van der Waals surface area contributed by atoms with Crippen LogP contribution in [-0.2, 0) is 5.41 Å². The SMILES string of the molecule is COc1ccc2sc(C(=O)Nc3ccc(C(C)(C)C)cc3)c(Cl)c2c1. The number of thiophene rings is 1. The topological polar surface area (TPSA) is 38.3 Å². The summed E-state index contributed by atoms with van der Waals surface area (Å²) in [6.07, 6.45) is 0. The maximum atomic E-state index is 12.6. The lowest BCUT2D eigenvalue weighted by molar-refractivity contribution is 0.103. The smallest absolute Gasteiger partial charge is 0.267 e. The summed E-state index contributed by atoms with van der Waals surface area (Å²) in [5.41, 5.74) is 2.05. The molecule has 130 valence electrons. The van der Waals surface area contributed by atoms with Crippen molar-refractivity contribution in [2.75, 3.05) is 12.4 Å². The van der Waals surface area contributed by atoms with E-state index in [2.05, 4.69) is 26.1 Å². The van der Waals surface area contributed by atoms with Gasteiger partial charge in [-0.1, -0.05) is 44.5 Å². The highest BCUT2D eigenvalue weighted by Crippen LogP contribution is 2.37. The van der Waals surface area contributed by atoms with Crippen molar-refractivity contribution >= 4 is 44.6 Å². The summed E-state index contributed by atoms with van der Waals surface area (Å²) in [5.74, 6) is 0.519. The molecule has 0 bridgehead atoms. The van der Waals surface area contributed by atoms with Gasteiger partial charge in [-0.25, -0.2) is 0 Å². The fourth-order valence-electron chi connectivity index (χ4n) is 2.56. The summed E-state index contributed by atoms with van der Waals surface area (Å²) in [4.78, 5) is 13.1. The van der Waals surface area contributed by atoms with Crippen LogP contribution in [0.2, 0.25) is 5.02 Å². The Kier molecular flexibility index (Phi) is 4.76. The third-order valence-corrected chi connectivity index (χ3v) is 5.72. The number of hydrogen-bond donors (Lipinski definition) is 1. The molecule has 3 nitrogen and oxygen atoms in total. The van der Waals surface area contributed by atoms with Gasteiger partial charge in [-0.3, -0.25) is 4.79 Å². The van der Waals surface area contributed by atoms with Gasteiger partial charge in [-0.05, 0) is 41.3 Å². The number of carbonyl (C=O) groups is 1. The second kappa shape index (κ2) is 6.70. The highest BCUT2D eigenvalue weighted by atomic mass is 35.5. The minimum absolute atomic E-state index is 0.0797. The number of hydrogen-bond acceptors (Lipinski definition) is 3. The molecular weight excluding hydrogens is 354 g/mol. The van der Waals surface area contributed by atoms with Crippen LogP contribution in [0, 0.1) is 0 Å². The lowest BCUT2D eigenvalue weighted by atomic mass is 9.87. The number of rotatable bonds is 3. The first-order valence-corrected chi connectivity index (χ1v) is 9.17. The standard InChI is InChI=1S/C20H20ClNO2S/c1-20(2,3)12-5-7-13(8-6-12)22-19(23)18-17(21)15-11-14(24-4)9-10-16(15)25-18/h5-11H,1-4H3,(H,22,23). The molecule has 0 aliphatic heterocycles. The van der Waals surface area contributed by atoms with Gasteiger partial charge in [0.2, 0.25) is 0 Å². The Labute approximate surface area is 156 Å². The van der Waals surface area contributed by atoms with E-state index in [9.17, 15) is 4.79 Å². The average molecular weight is 374 g/mol. The molecular formula is C20H20ClNO2S. The van der Waals surface area contributed by atoms with E-state index in [0.717, 1.165) is 21.5 Å². The van der Waals surface area contributed by atoms with Crippen LogP contribution in [0.25, 0.3) is 10.1 Å². The minimum atomic E-state index is -0.200. The number of halogens is 1. The normalized spacial score (nSPS) is 11.6. The molecule has 1 heterocycles. The van der Waals surface area contributed by atoms with Crippen molar-refractivity contribution in [3.8, 4) is 5.75 Å². The molecule has 0 radical (unpaired) electrons. The summed E-state index contributed by atoms with van der Waals surface area (Å²) in [5, 5.41) is 4.22. The number of amides is 1. The zero-order chi connectivity index (χ0) is 18.2. The first-order chi connectivity index (χ1) is 11.8. The highest BCUT2D eigenvalue weighted by molar-refractivity contribution is 7.21. The van der Waals surface area contributed by atoms with E-state index in [1.165, 1.54) is 16.9 Å². The number of anilines is 1. The molecule has 1 N–H and O–H groups in total. The Balaban J connectivity index is 1.86. The molecule has 0 aliphatic carbocycles. The van der Waals surface area contributed by atoms with Gasteiger partial charge in [0, 0.05) is 15.8 Å². The van der Waals surface area contributed by atoms with Crippen LogP contribution < -0.4 is 10.1 Å². The molecule has 3 rings (SSSR count). The van der Waals surface area contributed by atoms with Crippen molar-refractivity contribution in [1.82, 2.24) is 0 Å². The van der Waals surface area contributed by atoms with E-state index in [1.807, 2.05) is 42.5 Å². The molecule has 3 aromatic rings. The molecule has 0 saturated heterocycles. The van der Waals surface area contributed by atoms with Crippen LogP contribution in [0.3, 0.4) is 0 Å². The molecule has 0 aliphatic rings. The fourth-order valence-corrected chi connectivity index (χ4v) is 3.95. The largest absolute Gasteiger partial charge is 0.497 e. The summed E-state index contributed by atoms with van der Waals surface area (Å²) in [6, 6.07) is 13.5. The molecule has 0 fully saturated rings. The summed E-state index contributed by atoms with van der Waals surface area (Å²) < 4.78 is 6.18. The predicted molar refractivity (Wildman–Crippen MR) is 106 cm³/mol. The van der Waals surface area contributed by atoms with Gasteiger partial charge in [-0.2, -0.15) is 0 Å². The van der Waals surface area contributed by atoms with Crippen molar-refractivity contribution in [3.63, 3.8) is 0 Å². The first kappa shape index (κ1) is 17.8. The van der Waals surface area contributed by atoms with Gasteiger partial charge in [0.25, 0.3) is 5.91 Å². The van der Waals surface area contributed by atoms with Crippen LogP contribution in [0.4, 0.5) is 5.69 Å². The van der Waals surface area contributed by atoms with Crippen molar-refractivity contribution < 1.29 is 9.53 Å². The second-order valence-electron chi connectivity index (χ2n) is 6.89. The lowest BCUT2D eigenvalue weighted by Crippen LogP contribution is -2.13. The van der Waals surface area contributed by atoms with E-state index in [4.69, 9.17) is 16.3 Å². The van der Waals surface area contributed by atoms with Gasteiger partial charge in [0.05, 0.1) is 12.1 Å². The van der Waals surface area contributed by atoms with Crippen molar-refractivity contribution in [2.24, 2.45) is 0 Å². The van der Waals surface area contributed by atoms with E-state index < -0.39 is 0 Å². The van der Waals surface area contributed by atoms with Gasteiger partial charge < -0.3 is 10.1 Å². The molecule has 1 amide bonds. The van der Waals surface area contributed by atoms with Crippen molar-refractivity contribution in [1.29, 1.82) is 0 Å². The Morgan fingerprint density at radius 1 is 1.12 bits per heavy atom. The number of benzene rings is 2. The van der Waals surface area contributed by atoms with E-state index in [1.54, 1.807) is 7.11 Å². The number of methoxy groups -OCH3 is 1. The molecule has 25 heavy (non-hydrogen) atoms. The zero-order valence-corrected chi connectivity index (χ0v) is 16.2. The Hall–Kier alpha value is -2.04. The van der Waals surface area contributed by atoms with Gasteiger partial charge in [0.1, 0.15) is 10.6 Å². The number of fused-ring (bicyclic) bond motifs is 1. The maximum Gasteiger partial charge on any atom is 0.267 e. The van der Waals surface area contributed by atoms with Crippen LogP contribution in [0.5, 0.6) is 5.75 Å². The Bertz CT molecular complexity index is 923. The van der Waals surface area contributed by atoms with Crippen LogP contribution in [0.15, 0.2) is 42.5 Å². The van der Waals surface area contributed by atoms with E-state index in [-0.39, 0.29) is 11.3 Å². The Morgan fingerprint density at radius 2 is 1.80 bits per heavy atom. The van der Waals surface area contributed by atoms with Crippen molar-refractivity contribution in [3.05, 3.63) is 57.9 Å². The third-order valence-electron chi connectivity index (χ3n) is 4.05. The lowest BCUT2D eigenvalue weighted by Gasteiger charge is -2.19. The molecule has 0 atom stereocenters. The molecule has 5 heteroatoms. The molecule has 0 unspecified atom stereocenters. The summed E-state index contributed by atoms with van der Waals surface area (Å²) in [7, 11) is 1.61. The summed E-state index contributed by atoms with van der Waals surface area (Å²) >= 11 is 7.80. The first-order valence-electron chi connectivity index (χ1n) is 7.97. The number of carbonyl (C=O) groups excluding carboxylic acids is 1. The number of ether oxygens (including phenoxy) is 1. The molecule has 2 aromatic carbocycles. The minimum Gasteiger partial charge on any atom is -0.497 e. The highest BCUT2D eigenvalue weighted by Gasteiger charge is 2.18. The number of nitrogens with one attached hydrogen (secondary N) is 1. The Morgan fingerprint density at radius 3 is 2.40 bits per heavy atom. The van der Waals surface area contributed by atoms with Gasteiger partial charge in [0.15, 0.2) is 0 Å². The van der Waals surface area contributed by atoms with E-state index in [0.29, 0.717) is 9.90 Å². The van der Waals surface area contributed by atoms with E-state index >= 15 is 0 Å².